The standard InChI is InChI=1S/C36H51NO2/c1-3-5-7-9-10-12-13-15-29-17-20-31(21-18-29)32-22-24-33(25-23-32)36(38)39-35-26-19-30(27-34(35)28-37)16-14-11-8-6-4-2/h17-21,26-27,32-33H,3-16,22-25H2,1-2H3. The second kappa shape index (κ2) is 17.9. The van der Waals surface area contributed by atoms with E-state index in [-0.39, 0.29) is 11.9 Å². The number of nitrogens with zero attached hydrogens (tertiary/aromatic N) is 1. The predicted molar refractivity (Wildman–Crippen MR) is 162 cm³/mol. The molecule has 1 fully saturated rings. The maximum absolute atomic E-state index is 12.9. The molecular weight excluding hydrogens is 478 g/mol. The number of aryl methyl sites for hydroxylation is 2. The smallest absolute Gasteiger partial charge is 0.314 e. The van der Waals surface area contributed by atoms with Crippen LogP contribution in [0.3, 0.4) is 0 Å². The molecule has 0 atom stereocenters. The first-order valence-electron chi connectivity index (χ1n) is 16.0. The topological polar surface area (TPSA) is 50.1 Å². The summed E-state index contributed by atoms with van der Waals surface area (Å²) in [5.74, 6) is 0.675. The number of benzene rings is 2. The van der Waals surface area contributed by atoms with Gasteiger partial charge in [0.25, 0.3) is 0 Å². The Bertz CT molecular complexity index is 1010. The molecule has 39 heavy (non-hydrogen) atoms. The van der Waals surface area contributed by atoms with Gasteiger partial charge in [-0.15, -0.1) is 0 Å². The zero-order valence-corrected chi connectivity index (χ0v) is 24.7. The third-order valence-corrected chi connectivity index (χ3v) is 8.52. The Hall–Kier alpha value is -2.60. The van der Waals surface area contributed by atoms with E-state index in [0.717, 1.165) is 44.1 Å². The molecule has 0 radical (unpaired) electrons. The number of carbonyl (C=O) groups is 1. The highest BCUT2D eigenvalue weighted by molar-refractivity contribution is 5.76. The Morgan fingerprint density at radius 1 is 0.744 bits per heavy atom. The van der Waals surface area contributed by atoms with Crippen molar-refractivity contribution in [1.82, 2.24) is 0 Å². The number of hydrogen-bond donors (Lipinski definition) is 0. The van der Waals surface area contributed by atoms with E-state index in [4.69, 9.17) is 4.74 Å². The summed E-state index contributed by atoms with van der Waals surface area (Å²) in [7, 11) is 0. The van der Waals surface area contributed by atoms with Gasteiger partial charge in [-0.05, 0) is 86.1 Å². The maximum Gasteiger partial charge on any atom is 0.314 e. The minimum atomic E-state index is -0.178. The van der Waals surface area contributed by atoms with Crippen LogP contribution in [0.4, 0.5) is 0 Å². The van der Waals surface area contributed by atoms with Crippen LogP contribution in [0.5, 0.6) is 5.75 Å². The van der Waals surface area contributed by atoms with Crippen LogP contribution < -0.4 is 4.74 Å². The zero-order valence-electron chi connectivity index (χ0n) is 24.7. The fourth-order valence-electron chi connectivity index (χ4n) is 5.94. The molecule has 2 aromatic carbocycles. The Morgan fingerprint density at radius 3 is 1.87 bits per heavy atom. The van der Waals surface area contributed by atoms with Gasteiger partial charge in [-0.3, -0.25) is 4.79 Å². The molecular formula is C36H51NO2. The van der Waals surface area contributed by atoms with Crippen molar-refractivity contribution < 1.29 is 9.53 Å². The van der Waals surface area contributed by atoms with E-state index >= 15 is 0 Å². The van der Waals surface area contributed by atoms with Gasteiger partial charge in [0, 0.05) is 0 Å². The van der Waals surface area contributed by atoms with Crippen molar-refractivity contribution in [2.24, 2.45) is 5.92 Å². The lowest BCUT2D eigenvalue weighted by Gasteiger charge is -2.27. The van der Waals surface area contributed by atoms with Crippen LogP contribution in [-0.2, 0) is 17.6 Å². The number of unbranched alkanes of at least 4 members (excludes halogenated alkanes) is 10. The van der Waals surface area contributed by atoms with Gasteiger partial charge in [-0.2, -0.15) is 5.26 Å². The molecule has 3 heteroatoms. The van der Waals surface area contributed by atoms with Crippen molar-refractivity contribution >= 4 is 5.97 Å². The molecule has 0 aromatic heterocycles. The lowest BCUT2D eigenvalue weighted by Crippen LogP contribution is -2.25. The zero-order chi connectivity index (χ0) is 27.7. The Kier molecular flexibility index (Phi) is 14.2. The molecule has 0 unspecified atom stereocenters. The van der Waals surface area contributed by atoms with E-state index in [1.807, 2.05) is 18.2 Å². The van der Waals surface area contributed by atoms with Gasteiger partial charge in [0.15, 0.2) is 0 Å². The summed E-state index contributed by atoms with van der Waals surface area (Å²) in [6, 6.07) is 17.2. The molecule has 0 spiro atoms. The van der Waals surface area contributed by atoms with Gasteiger partial charge in [-0.25, -0.2) is 0 Å². The van der Waals surface area contributed by atoms with E-state index in [1.165, 1.54) is 88.2 Å². The average Bonchev–Trinajstić information content (AvgIpc) is 2.97. The first-order chi connectivity index (χ1) is 19.1. The van der Waals surface area contributed by atoms with Crippen LogP contribution >= 0.6 is 0 Å². The quantitative estimate of drug-likeness (QED) is 0.116. The van der Waals surface area contributed by atoms with E-state index in [9.17, 15) is 10.1 Å². The molecule has 3 rings (SSSR count). The SMILES string of the molecule is CCCCCCCCCc1ccc(C2CCC(C(=O)Oc3ccc(CCCCCCC)cc3C#N)CC2)cc1. The van der Waals surface area contributed by atoms with Crippen LogP contribution in [0, 0.1) is 17.2 Å². The number of hydrogen-bond acceptors (Lipinski definition) is 3. The summed E-state index contributed by atoms with van der Waals surface area (Å²) in [5.41, 5.74) is 4.47. The van der Waals surface area contributed by atoms with Gasteiger partial charge < -0.3 is 4.74 Å². The molecule has 2 aromatic rings. The number of nitriles is 1. The van der Waals surface area contributed by atoms with Crippen molar-refractivity contribution in [1.29, 1.82) is 5.26 Å². The van der Waals surface area contributed by atoms with E-state index in [1.54, 1.807) is 0 Å². The summed E-state index contributed by atoms with van der Waals surface area (Å²) in [4.78, 5) is 12.9. The van der Waals surface area contributed by atoms with Crippen LogP contribution in [0.15, 0.2) is 42.5 Å². The minimum Gasteiger partial charge on any atom is -0.425 e. The van der Waals surface area contributed by atoms with Crippen molar-refractivity contribution in [3.05, 3.63) is 64.7 Å². The highest BCUT2D eigenvalue weighted by Gasteiger charge is 2.29. The summed E-state index contributed by atoms with van der Waals surface area (Å²) < 4.78 is 5.76. The molecule has 212 valence electrons. The Labute approximate surface area is 238 Å². The number of ether oxygens (including phenoxy) is 1. The highest BCUT2D eigenvalue weighted by Crippen LogP contribution is 2.37. The molecule has 0 heterocycles. The first kappa shape index (κ1) is 30.9. The lowest BCUT2D eigenvalue weighted by atomic mass is 9.78. The number of esters is 1. The van der Waals surface area contributed by atoms with E-state index < -0.39 is 0 Å². The maximum atomic E-state index is 12.9. The van der Waals surface area contributed by atoms with Crippen LogP contribution in [-0.4, -0.2) is 5.97 Å². The van der Waals surface area contributed by atoms with Gasteiger partial charge in [0.05, 0.1) is 11.5 Å². The van der Waals surface area contributed by atoms with Crippen molar-refractivity contribution in [2.45, 2.75) is 135 Å². The molecule has 0 aliphatic heterocycles. The summed E-state index contributed by atoms with van der Waals surface area (Å²) in [5, 5.41) is 9.65. The summed E-state index contributed by atoms with van der Waals surface area (Å²) >= 11 is 0. The van der Waals surface area contributed by atoms with E-state index in [0.29, 0.717) is 17.2 Å². The number of rotatable bonds is 17. The molecule has 3 nitrogen and oxygen atoms in total. The van der Waals surface area contributed by atoms with Gasteiger partial charge in [-0.1, -0.05) is 108 Å². The molecule has 1 aliphatic rings. The monoisotopic (exact) mass is 529 g/mol. The normalized spacial score (nSPS) is 17.1. The van der Waals surface area contributed by atoms with Crippen molar-refractivity contribution in [3.8, 4) is 11.8 Å². The van der Waals surface area contributed by atoms with Crippen LogP contribution in [0.2, 0.25) is 0 Å². The third-order valence-electron chi connectivity index (χ3n) is 8.52. The van der Waals surface area contributed by atoms with Gasteiger partial charge in [0.1, 0.15) is 11.8 Å². The second-order valence-corrected chi connectivity index (χ2v) is 11.7. The fraction of sp³-hybridized carbons (Fsp3) is 0.611. The molecule has 0 bridgehead atoms. The lowest BCUT2D eigenvalue weighted by molar-refractivity contribution is -0.140. The van der Waals surface area contributed by atoms with Gasteiger partial charge >= 0.3 is 5.97 Å². The number of carbonyl (C=O) groups excluding carboxylic acids is 1. The summed E-state index contributed by atoms with van der Waals surface area (Å²) in [6.07, 6.45) is 21.5. The molecule has 0 amide bonds. The van der Waals surface area contributed by atoms with Gasteiger partial charge in [0.2, 0.25) is 0 Å². The van der Waals surface area contributed by atoms with E-state index in [2.05, 4.69) is 44.2 Å². The second-order valence-electron chi connectivity index (χ2n) is 11.7. The summed E-state index contributed by atoms with van der Waals surface area (Å²) in [6.45, 7) is 4.49. The average molecular weight is 530 g/mol. The minimum absolute atomic E-state index is 0.0809. The largest absolute Gasteiger partial charge is 0.425 e. The van der Waals surface area contributed by atoms with Crippen LogP contribution in [0.1, 0.15) is 145 Å². The molecule has 0 N–H and O–H groups in total. The predicted octanol–water partition coefficient (Wildman–Crippen LogP) is 10.2. The first-order valence-corrected chi connectivity index (χ1v) is 16.0. The van der Waals surface area contributed by atoms with Crippen molar-refractivity contribution in [3.63, 3.8) is 0 Å². The van der Waals surface area contributed by atoms with Crippen LogP contribution in [0.25, 0.3) is 0 Å². The molecule has 0 saturated heterocycles. The Morgan fingerprint density at radius 2 is 1.28 bits per heavy atom. The van der Waals surface area contributed by atoms with Crippen molar-refractivity contribution in [2.75, 3.05) is 0 Å². The Balaban J connectivity index is 1.40. The molecule has 1 aliphatic carbocycles. The highest BCUT2D eigenvalue weighted by atomic mass is 16.5. The molecule has 1 saturated carbocycles. The fourth-order valence-corrected chi connectivity index (χ4v) is 5.94. The third kappa shape index (κ3) is 10.8.